The van der Waals surface area contributed by atoms with E-state index in [0.717, 1.165) is 6.20 Å². The van der Waals surface area contributed by atoms with Crippen molar-refractivity contribution in [2.24, 2.45) is 0 Å². The fraction of sp³-hybridized carbons (Fsp3) is 0.0833. The van der Waals surface area contributed by atoms with E-state index >= 15 is 0 Å². The summed E-state index contributed by atoms with van der Waals surface area (Å²) in [4.78, 5) is 18.6. The molecule has 1 aliphatic rings. The molecule has 0 radical (unpaired) electrons. The number of halogens is 3. The van der Waals surface area contributed by atoms with Gasteiger partial charge in [-0.05, 0) is 23.8 Å². The number of benzene rings is 1. The average molecular weight is 265 g/mol. The van der Waals surface area contributed by atoms with Gasteiger partial charge in [-0.15, -0.1) is 0 Å². The number of hydrogen-bond acceptors (Lipinski definition) is 4. The molecular formula is C12H6F3N3O. The molecule has 1 aromatic carbocycles. The van der Waals surface area contributed by atoms with Gasteiger partial charge >= 0.3 is 6.18 Å². The molecule has 19 heavy (non-hydrogen) atoms. The van der Waals surface area contributed by atoms with Crippen molar-refractivity contribution in [2.45, 2.75) is 6.18 Å². The lowest BCUT2D eigenvalue weighted by Gasteiger charge is -2.05. The van der Waals surface area contributed by atoms with E-state index < -0.39 is 17.8 Å². The first-order valence-corrected chi connectivity index (χ1v) is 5.27. The van der Waals surface area contributed by atoms with Crippen molar-refractivity contribution in [3.63, 3.8) is 0 Å². The van der Waals surface area contributed by atoms with Gasteiger partial charge in [0.2, 0.25) is 11.6 Å². The number of carbonyl (C=O) groups is 1. The Bertz CT molecular complexity index is 710. The molecule has 96 valence electrons. The van der Waals surface area contributed by atoms with Gasteiger partial charge < -0.3 is 5.73 Å². The summed E-state index contributed by atoms with van der Waals surface area (Å²) in [5, 5.41) is 0. The van der Waals surface area contributed by atoms with E-state index in [1.165, 1.54) is 18.2 Å². The van der Waals surface area contributed by atoms with Gasteiger partial charge in [-0.1, -0.05) is 0 Å². The Morgan fingerprint density at radius 3 is 2.53 bits per heavy atom. The van der Waals surface area contributed by atoms with Crippen molar-refractivity contribution in [3.8, 4) is 11.1 Å². The van der Waals surface area contributed by atoms with Crippen molar-refractivity contribution in [2.75, 3.05) is 5.73 Å². The fourth-order valence-electron chi connectivity index (χ4n) is 2.00. The van der Waals surface area contributed by atoms with Gasteiger partial charge in [0.1, 0.15) is 5.69 Å². The molecule has 1 aliphatic carbocycles. The van der Waals surface area contributed by atoms with Crippen LogP contribution in [0.1, 0.15) is 21.9 Å². The number of nitrogens with zero attached hydrogens (tertiary/aromatic N) is 2. The molecule has 0 saturated heterocycles. The summed E-state index contributed by atoms with van der Waals surface area (Å²) in [7, 11) is 0. The second-order valence-electron chi connectivity index (χ2n) is 4.09. The van der Waals surface area contributed by atoms with E-state index in [-0.39, 0.29) is 16.8 Å². The Kier molecular flexibility index (Phi) is 2.16. The lowest BCUT2D eigenvalue weighted by Crippen LogP contribution is -2.13. The molecule has 4 nitrogen and oxygen atoms in total. The van der Waals surface area contributed by atoms with Crippen LogP contribution in [-0.4, -0.2) is 15.8 Å². The lowest BCUT2D eigenvalue weighted by molar-refractivity contribution is -0.145. The molecule has 7 heteroatoms. The quantitative estimate of drug-likeness (QED) is 0.633. The van der Waals surface area contributed by atoms with Crippen LogP contribution in [0.2, 0.25) is 0 Å². The van der Waals surface area contributed by atoms with Crippen LogP contribution >= 0.6 is 0 Å². The molecule has 1 aromatic heterocycles. The monoisotopic (exact) mass is 265 g/mol. The summed E-state index contributed by atoms with van der Waals surface area (Å²) in [5.41, 5.74) is 6.82. The highest BCUT2D eigenvalue weighted by Crippen LogP contribution is 2.37. The maximum absolute atomic E-state index is 12.5. The first-order valence-electron chi connectivity index (χ1n) is 5.27. The zero-order chi connectivity index (χ0) is 13.8. The van der Waals surface area contributed by atoms with Crippen molar-refractivity contribution in [1.82, 2.24) is 9.97 Å². The molecule has 2 N–H and O–H groups in total. The summed E-state index contributed by atoms with van der Waals surface area (Å²) in [6.45, 7) is 0. The van der Waals surface area contributed by atoms with Crippen molar-refractivity contribution < 1.29 is 18.0 Å². The first kappa shape index (κ1) is 11.6. The number of alkyl halides is 3. The van der Waals surface area contributed by atoms with Crippen LogP contribution in [0, 0.1) is 0 Å². The highest BCUT2D eigenvalue weighted by atomic mass is 19.4. The van der Waals surface area contributed by atoms with Crippen LogP contribution in [0.4, 0.5) is 18.9 Å². The molecule has 0 saturated carbocycles. The molecule has 0 bridgehead atoms. The third-order valence-corrected chi connectivity index (χ3v) is 2.84. The van der Waals surface area contributed by atoms with Gasteiger partial charge in [0.25, 0.3) is 0 Å². The molecular weight excluding hydrogens is 259 g/mol. The van der Waals surface area contributed by atoms with Gasteiger partial charge in [-0.2, -0.15) is 13.2 Å². The SMILES string of the molecule is Nc1ccc2c(c1)-c1cnc(C(F)(F)F)nc1C2=O. The molecule has 0 unspecified atom stereocenters. The maximum atomic E-state index is 12.5. The zero-order valence-corrected chi connectivity index (χ0v) is 9.32. The summed E-state index contributed by atoms with van der Waals surface area (Å²) in [6.07, 6.45) is -3.67. The Hall–Kier alpha value is -2.44. The minimum atomic E-state index is -4.68. The Labute approximate surface area is 105 Å². The second-order valence-corrected chi connectivity index (χ2v) is 4.09. The van der Waals surface area contributed by atoms with Gasteiger partial charge in [-0.25, -0.2) is 9.97 Å². The lowest BCUT2D eigenvalue weighted by atomic mass is 10.1. The van der Waals surface area contributed by atoms with Crippen molar-refractivity contribution >= 4 is 11.5 Å². The third-order valence-electron chi connectivity index (χ3n) is 2.84. The largest absolute Gasteiger partial charge is 0.451 e. The van der Waals surface area contributed by atoms with Crippen LogP contribution < -0.4 is 5.73 Å². The van der Waals surface area contributed by atoms with Crippen molar-refractivity contribution in [1.29, 1.82) is 0 Å². The predicted molar refractivity (Wildman–Crippen MR) is 60.3 cm³/mol. The first-order chi connectivity index (χ1) is 8.88. The van der Waals surface area contributed by atoms with Crippen LogP contribution in [-0.2, 0) is 6.18 Å². The van der Waals surface area contributed by atoms with Gasteiger partial charge in [0, 0.05) is 23.0 Å². The Balaban J connectivity index is 2.23. The Morgan fingerprint density at radius 1 is 1.11 bits per heavy atom. The van der Waals surface area contributed by atoms with E-state index in [9.17, 15) is 18.0 Å². The molecule has 0 fully saturated rings. The maximum Gasteiger partial charge on any atom is 0.451 e. The van der Waals surface area contributed by atoms with Gasteiger partial charge in [-0.3, -0.25) is 4.79 Å². The molecule has 2 aromatic rings. The number of anilines is 1. The summed E-state index contributed by atoms with van der Waals surface area (Å²) >= 11 is 0. The molecule has 1 heterocycles. The third kappa shape index (κ3) is 1.66. The topological polar surface area (TPSA) is 68.9 Å². The molecule has 0 spiro atoms. The number of rotatable bonds is 0. The van der Waals surface area contributed by atoms with E-state index in [4.69, 9.17) is 5.73 Å². The molecule has 0 amide bonds. The van der Waals surface area contributed by atoms with E-state index in [1.54, 1.807) is 0 Å². The van der Waals surface area contributed by atoms with Crippen LogP contribution in [0.25, 0.3) is 11.1 Å². The average Bonchev–Trinajstić information content (AvgIpc) is 2.61. The number of hydrogen-bond donors (Lipinski definition) is 1. The van der Waals surface area contributed by atoms with Crippen LogP contribution in [0.3, 0.4) is 0 Å². The number of fused-ring (bicyclic) bond motifs is 3. The van der Waals surface area contributed by atoms with E-state index in [0.29, 0.717) is 11.3 Å². The summed E-state index contributed by atoms with van der Waals surface area (Å²) in [5.74, 6) is -1.86. The minimum absolute atomic E-state index is 0.233. The fourth-order valence-corrected chi connectivity index (χ4v) is 2.00. The molecule has 0 aliphatic heterocycles. The summed E-state index contributed by atoms with van der Waals surface area (Å²) < 4.78 is 37.6. The number of aromatic nitrogens is 2. The highest BCUT2D eigenvalue weighted by molar-refractivity contribution is 6.20. The highest BCUT2D eigenvalue weighted by Gasteiger charge is 2.38. The van der Waals surface area contributed by atoms with Crippen molar-refractivity contribution in [3.05, 3.63) is 41.5 Å². The predicted octanol–water partition coefficient (Wildman–Crippen LogP) is 2.29. The van der Waals surface area contributed by atoms with Crippen LogP contribution in [0.15, 0.2) is 24.4 Å². The van der Waals surface area contributed by atoms with E-state index in [1.807, 2.05) is 0 Å². The zero-order valence-electron chi connectivity index (χ0n) is 9.32. The van der Waals surface area contributed by atoms with E-state index in [2.05, 4.69) is 9.97 Å². The molecule has 3 rings (SSSR count). The van der Waals surface area contributed by atoms with Gasteiger partial charge in [0.15, 0.2) is 0 Å². The van der Waals surface area contributed by atoms with Gasteiger partial charge in [0.05, 0.1) is 0 Å². The smallest absolute Gasteiger partial charge is 0.399 e. The normalized spacial score (nSPS) is 13.3. The number of nitrogen functional groups attached to an aromatic ring is 1. The summed E-state index contributed by atoms with van der Waals surface area (Å²) in [6, 6.07) is 4.51. The molecule has 0 atom stereocenters. The van der Waals surface area contributed by atoms with Crippen LogP contribution in [0.5, 0.6) is 0 Å². The number of carbonyl (C=O) groups excluding carboxylic acids is 1. The number of ketones is 1. The standard InChI is InChI=1S/C12H6F3N3O/c13-12(14,15)11-17-4-8-7-3-5(16)1-2-6(7)10(19)9(8)18-11/h1-4H,16H2. The second kappa shape index (κ2) is 3.53. The number of nitrogens with two attached hydrogens (primary N) is 1. The minimum Gasteiger partial charge on any atom is -0.399 e. The Morgan fingerprint density at radius 2 is 1.84 bits per heavy atom.